The number of aliphatic hydroxyl groups is 4. The number of ether oxygens (including phenoxy) is 1. The summed E-state index contributed by atoms with van der Waals surface area (Å²) < 4.78 is 40.1. The van der Waals surface area contributed by atoms with Crippen LogP contribution in [-0.4, -0.2) is 74.9 Å². The summed E-state index contributed by atoms with van der Waals surface area (Å²) in [4.78, 5) is 0. The molecule has 0 aromatic heterocycles. The molecular weight excluding hydrogens is 381 g/mol. The Balaban J connectivity index is 0.00000484. The summed E-state index contributed by atoms with van der Waals surface area (Å²) in [5.74, 6) is 0. The molecule has 5 atom stereocenters. The number of rotatable bonds is 6. The normalized spacial score (nSPS) is 32.0. The Kier molecular flexibility index (Phi) is 11.2. The molecule has 10 nitrogen and oxygen atoms in total. The van der Waals surface area contributed by atoms with Gasteiger partial charge in [-0.15, -0.1) is 6.58 Å². The summed E-state index contributed by atoms with van der Waals surface area (Å²) >= 11 is 0.660. The van der Waals surface area contributed by atoms with E-state index in [1.807, 2.05) is 0 Å². The van der Waals surface area contributed by atoms with E-state index < -0.39 is 46.9 Å². The van der Waals surface area contributed by atoms with Gasteiger partial charge in [0.05, 0.1) is 6.61 Å². The molecule has 0 radical (unpaired) electrons. The number of allylic oxidation sites excluding steroid dienone is 1. The monoisotopic (exact) mass is 397 g/mol. The maximum absolute atomic E-state index is 10.4. The third kappa shape index (κ3) is 7.77. The van der Waals surface area contributed by atoms with Gasteiger partial charge < -0.3 is 29.7 Å². The van der Waals surface area contributed by atoms with Crippen LogP contribution in [0, 0.1) is 0 Å². The zero-order chi connectivity index (χ0) is 16.9. The molecule has 1 aliphatic heterocycles. The number of aliphatic hydroxyl groups excluding tert-OH is 4. The molecule has 23 heavy (non-hydrogen) atoms. The molecule has 0 aliphatic carbocycles. The summed E-state index contributed by atoms with van der Waals surface area (Å²) in [5.41, 5.74) is -1.17. The van der Waals surface area contributed by atoms with Gasteiger partial charge in [-0.3, -0.25) is 4.28 Å². The third-order valence-corrected chi connectivity index (χ3v) is 4.04. The third-order valence-electron chi connectivity index (χ3n) is 2.65. The summed E-state index contributed by atoms with van der Waals surface area (Å²) in [6.07, 6.45) is -4.44. The molecule has 4 N–H and O–H groups in total. The average molecular weight is 397 g/mol. The minimum atomic E-state index is -5.04. The summed E-state index contributed by atoms with van der Waals surface area (Å²) in [5, 5.41) is 41.2. The zero-order valence-electron chi connectivity index (χ0n) is 12.2. The first-order valence-corrected chi connectivity index (χ1v) is 8.20. The minimum Gasteiger partial charge on any atom is -0.714 e. The van der Waals surface area contributed by atoms with Crippen LogP contribution in [0.3, 0.4) is 0 Å². The van der Waals surface area contributed by atoms with Crippen LogP contribution in [-0.2, 0) is 19.4 Å². The summed E-state index contributed by atoms with van der Waals surface area (Å²) in [6, 6.07) is 0. The fourth-order valence-corrected chi connectivity index (χ4v) is 2.91. The van der Waals surface area contributed by atoms with Crippen molar-refractivity contribution in [3.63, 3.8) is 0 Å². The fraction of sp³-hybridized carbons (Fsp3) is 0.700. The van der Waals surface area contributed by atoms with Crippen molar-refractivity contribution in [2.75, 3.05) is 6.61 Å². The maximum atomic E-state index is 10.4. The molecule has 1 aliphatic rings. The van der Waals surface area contributed by atoms with Crippen LogP contribution in [0.2, 0.25) is 0 Å². The van der Waals surface area contributed by atoms with Crippen LogP contribution in [0.15, 0.2) is 17.8 Å². The smallest absolute Gasteiger partial charge is 0.714 e. The second kappa shape index (κ2) is 10.8. The van der Waals surface area contributed by atoms with Gasteiger partial charge in [-0.1, -0.05) is 23.0 Å². The molecule has 0 amide bonds. The predicted molar refractivity (Wildman–Crippen MR) is 74.4 cm³/mol. The molecule has 0 aromatic rings. The van der Waals surface area contributed by atoms with Gasteiger partial charge in [-0.05, 0) is 0 Å². The molecule has 13 heteroatoms. The molecule has 1 heterocycles. The van der Waals surface area contributed by atoms with Crippen molar-refractivity contribution >= 4 is 27.2 Å². The first-order chi connectivity index (χ1) is 10.2. The number of hydrogen-bond donors (Lipinski definition) is 4. The van der Waals surface area contributed by atoms with Crippen molar-refractivity contribution in [2.24, 2.45) is 5.16 Å². The Morgan fingerprint density at radius 2 is 1.96 bits per heavy atom. The van der Waals surface area contributed by atoms with Gasteiger partial charge in [0.1, 0.15) is 34.9 Å². The molecule has 1 fully saturated rings. The van der Waals surface area contributed by atoms with E-state index in [-0.39, 0.29) is 62.8 Å². The molecule has 0 saturated carbocycles. The quantitative estimate of drug-likeness (QED) is 0.0647. The first kappa shape index (κ1) is 23.9. The van der Waals surface area contributed by atoms with E-state index >= 15 is 0 Å². The van der Waals surface area contributed by atoms with Crippen molar-refractivity contribution in [2.45, 2.75) is 36.3 Å². The van der Waals surface area contributed by atoms with Gasteiger partial charge in [0.15, 0.2) is 0 Å². The van der Waals surface area contributed by atoms with Crippen LogP contribution in [0.25, 0.3) is 0 Å². The van der Waals surface area contributed by atoms with E-state index in [0.29, 0.717) is 11.8 Å². The molecule has 1 saturated heterocycles. The van der Waals surface area contributed by atoms with Gasteiger partial charge in [0.25, 0.3) is 10.4 Å². The van der Waals surface area contributed by atoms with E-state index in [0.717, 1.165) is 0 Å². The largest absolute Gasteiger partial charge is 1.00 e. The van der Waals surface area contributed by atoms with Crippen LogP contribution < -0.4 is 51.4 Å². The van der Waals surface area contributed by atoms with Gasteiger partial charge in [-0.25, -0.2) is 0 Å². The summed E-state index contributed by atoms with van der Waals surface area (Å²) in [7, 11) is -5.04. The number of nitrogens with zero attached hydrogens (tertiary/aromatic N) is 1. The van der Waals surface area contributed by atoms with Crippen LogP contribution in [0.5, 0.6) is 0 Å². The Morgan fingerprint density at radius 3 is 2.43 bits per heavy atom. The van der Waals surface area contributed by atoms with Gasteiger partial charge in [-0.2, -0.15) is 8.42 Å². The Morgan fingerprint density at radius 1 is 1.35 bits per heavy atom. The van der Waals surface area contributed by atoms with Gasteiger partial charge in [0, 0.05) is 6.42 Å². The molecule has 128 valence electrons. The molecular formula is C10H16KNO9S2. The average Bonchev–Trinajstić information content (AvgIpc) is 2.44. The topological polar surface area (TPSA) is 169 Å². The van der Waals surface area contributed by atoms with Crippen molar-refractivity contribution in [1.82, 2.24) is 0 Å². The number of thioether (sulfide) groups is 1. The van der Waals surface area contributed by atoms with E-state index in [2.05, 4.69) is 16.0 Å². The molecule has 0 bridgehead atoms. The molecule has 0 spiro atoms. The fourth-order valence-electron chi connectivity index (χ4n) is 1.62. The van der Waals surface area contributed by atoms with Crippen molar-refractivity contribution in [3.8, 4) is 0 Å². The number of oxime groups is 1. The number of hydrogen-bond acceptors (Lipinski definition) is 11. The van der Waals surface area contributed by atoms with E-state index in [9.17, 15) is 28.3 Å². The van der Waals surface area contributed by atoms with E-state index in [4.69, 9.17) is 9.84 Å². The predicted octanol–water partition coefficient (Wildman–Crippen LogP) is -5.11. The standard InChI is InChI=1S/C10H17NO9S2.K/c1-2-3-6(11-20-22(16,17)18)21-10-9(15)8(14)7(13)5(4-12)19-10;/h2,5,7-10,12-15H,1,3-4H2,(H,16,17,18);/q;+1/p-1/b11-6-;. The van der Waals surface area contributed by atoms with E-state index in [1.54, 1.807) is 0 Å². The Labute approximate surface area is 179 Å². The maximum Gasteiger partial charge on any atom is 1.00 e. The minimum absolute atomic E-state index is 0. The second-order valence-electron chi connectivity index (χ2n) is 4.28. The van der Waals surface area contributed by atoms with Crippen LogP contribution in [0.4, 0.5) is 0 Å². The van der Waals surface area contributed by atoms with Gasteiger partial charge >= 0.3 is 51.4 Å². The Bertz CT molecular complexity index is 512. The zero-order valence-corrected chi connectivity index (χ0v) is 16.9. The van der Waals surface area contributed by atoms with Crippen molar-refractivity contribution in [1.29, 1.82) is 0 Å². The van der Waals surface area contributed by atoms with Crippen LogP contribution >= 0.6 is 11.8 Å². The van der Waals surface area contributed by atoms with E-state index in [1.165, 1.54) is 6.08 Å². The van der Waals surface area contributed by atoms with Crippen LogP contribution in [0.1, 0.15) is 6.42 Å². The SMILES string of the molecule is C=CC/C(=N/OS(=O)(=O)[O-])SC1OC(CO)C(O)C(O)C1O.[K+]. The summed E-state index contributed by atoms with van der Waals surface area (Å²) in [6.45, 7) is 2.80. The van der Waals surface area contributed by atoms with Crippen molar-refractivity contribution in [3.05, 3.63) is 12.7 Å². The molecule has 0 aromatic carbocycles. The second-order valence-corrected chi connectivity index (χ2v) is 6.41. The first-order valence-electron chi connectivity index (χ1n) is 5.99. The molecule has 5 unspecified atom stereocenters. The van der Waals surface area contributed by atoms with Crippen molar-refractivity contribution < 1.29 is 93.8 Å². The molecule has 1 rings (SSSR count). The van der Waals surface area contributed by atoms with Gasteiger partial charge in [0.2, 0.25) is 0 Å². The Hall–Kier alpha value is 0.906.